The van der Waals surface area contributed by atoms with E-state index in [1.807, 2.05) is 55.6 Å². The number of rotatable bonds is 4. The number of hydrogen-bond acceptors (Lipinski definition) is 4. The van der Waals surface area contributed by atoms with Gasteiger partial charge in [0.25, 0.3) is 0 Å². The van der Waals surface area contributed by atoms with Gasteiger partial charge in [0.05, 0.1) is 32.2 Å². The van der Waals surface area contributed by atoms with Crippen LogP contribution in [0.1, 0.15) is 18.2 Å². The minimum absolute atomic E-state index is 0.559. The Labute approximate surface area is 175 Å². The molecule has 0 aliphatic carbocycles. The first-order chi connectivity index (χ1) is 14.7. The van der Waals surface area contributed by atoms with Gasteiger partial charge >= 0.3 is 0 Å². The molecule has 5 nitrogen and oxygen atoms in total. The molecule has 1 aliphatic rings. The molecular weight excluding hydrogens is 376 g/mol. The summed E-state index contributed by atoms with van der Waals surface area (Å²) in [5.41, 5.74) is 6.22. The van der Waals surface area contributed by atoms with Crippen molar-refractivity contribution >= 4 is 5.71 Å². The largest absolute Gasteiger partial charge is 0.497 e. The molecule has 3 heterocycles. The van der Waals surface area contributed by atoms with Gasteiger partial charge in [0.2, 0.25) is 5.88 Å². The average molecular weight is 398 g/mol. The Hall–Kier alpha value is -3.73. The molecule has 0 saturated carbocycles. The van der Waals surface area contributed by atoms with Gasteiger partial charge in [-0.3, -0.25) is 9.56 Å². The Kier molecular flexibility index (Phi) is 4.43. The first kappa shape index (κ1) is 18.3. The highest BCUT2D eigenvalue weighted by atomic mass is 16.5. The number of hydrogen-bond donors (Lipinski definition) is 0. The molecule has 0 amide bonds. The van der Waals surface area contributed by atoms with Crippen LogP contribution in [-0.2, 0) is 6.54 Å². The summed E-state index contributed by atoms with van der Waals surface area (Å²) in [5, 5.41) is 0. The number of methoxy groups -OCH3 is 2. The molecule has 0 fully saturated rings. The van der Waals surface area contributed by atoms with Gasteiger partial charge in [-0.2, -0.15) is 0 Å². The molecule has 5 heteroatoms. The van der Waals surface area contributed by atoms with Crippen molar-refractivity contribution < 1.29 is 13.9 Å². The molecule has 0 saturated heterocycles. The predicted molar refractivity (Wildman–Crippen MR) is 118 cm³/mol. The van der Waals surface area contributed by atoms with Crippen LogP contribution in [0.15, 0.2) is 76.3 Å². The lowest BCUT2D eigenvalue weighted by Crippen LogP contribution is -2.01. The molecule has 0 radical (unpaired) electrons. The van der Waals surface area contributed by atoms with Crippen molar-refractivity contribution in [1.29, 1.82) is 0 Å². The summed E-state index contributed by atoms with van der Waals surface area (Å²) in [4.78, 5) is 4.82. The Balaban J connectivity index is 1.76. The number of fused-ring (bicyclic) bond motifs is 3. The third kappa shape index (κ3) is 2.90. The van der Waals surface area contributed by atoms with Gasteiger partial charge in [-0.1, -0.05) is 12.1 Å². The van der Waals surface area contributed by atoms with Gasteiger partial charge in [-0.15, -0.1) is 0 Å². The van der Waals surface area contributed by atoms with Crippen LogP contribution in [0.25, 0.3) is 28.3 Å². The zero-order chi connectivity index (χ0) is 20.7. The molecule has 0 atom stereocenters. The summed E-state index contributed by atoms with van der Waals surface area (Å²) in [6.45, 7) is 2.60. The quantitative estimate of drug-likeness (QED) is 0.440. The minimum Gasteiger partial charge on any atom is -0.497 e. The second kappa shape index (κ2) is 7.26. The van der Waals surface area contributed by atoms with Crippen LogP contribution >= 0.6 is 0 Å². The summed E-state index contributed by atoms with van der Waals surface area (Å²) in [7, 11) is 3.34. The van der Waals surface area contributed by atoms with E-state index >= 15 is 0 Å². The van der Waals surface area contributed by atoms with Crippen LogP contribution in [0, 0.1) is 0 Å². The summed E-state index contributed by atoms with van der Waals surface area (Å²) in [6.07, 6.45) is 2.03. The monoisotopic (exact) mass is 398 g/mol. The van der Waals surface area contributed by atoms with Crippen molar-refractivity contribution in [2.75, 3.05) is 14.2 Å². The molecule has 2 aromatic carbocycles. The zero-order valence-corrected chi connectivity index (χ0v) is 17.2. The van der Waals surface area contributed by atoms with E-state index in [1.165, 1.54) is 0 Å². The fraction of sp³-hybridized carbons (Fsp3) is 0.160. The smallest absolute Gasteiger partial charge is 0.210 e. The second-order valence-corrected chi connectivity index (χ2v) is 7.21. The van der Waals surface area contributed by atoms with E-state index < -0.39 is 0 Å². The van der Waals surface area contributed by atoms with Gasteiger partial charge in [0.1, 0.15) is 17.3 Å². The molecule has 150 valence electrons. The second-order valence-electron chi connectivity index (χ2n) is 7.21. The normalized spacial score (nSPS) is 12.6. The Bertz CT molecular complexity index is 1230. The third-order valence-electron chi connectivity index (χ3n) is 5.53. The molecule has 0 spiro atoms. The minimum atomic E-state index is 0.559. The summed E-state index contributed by atoms with van der Waals surface area (Å²) < 4.78 is 19.3. The van der Waals surface area contributed by atoms with E-state index in [9.17, 15) is 0 Å². The lowest BCUT2D eigenvalue weighted by molar-refractivity contribution is 0.414. The van der Waals surface area contributed by atoms with Crippen molar-refractivity contribution in [2.24, 2.45) is 4.99 Å². The number of benzene rings is 2. The molecule has 30 heavy (non-hydrogen) atoms. The van der Waals surface area contributed by atoms with Crippen molar-refractivity contribution in [3.8, 4) is 39.8 Å². The number of furan rings is 1. The van der Waals surface area contributed by atoms with E-state index in [0.717, 1.165) is 56.8 Å². The molecule has 0 N–H and O–H groups in total. The Morgan fingerprint density at radius 3 is 2.13 bits per heavy atom. The van der Waals surface area contributed by atoms with E-state index in [1.54, 1.807) is 14.2 Å². The Morgan fingerprint density at radius 2 is 1.50 bits per heavy atom. The zero-order valence-electron chi connectivity index (χ0n) is 17.2. The van der Waals surface area contributed by atoms with Crippen LogP contribution in [0.5, 0.6) is 11.5 Å². The summed E-state index contributed by atoms with van der Waals surface area (Å²) in [6, 6.07) is 20.1. The molecule has 0 bridgehead atoms. The van der Waals surface area contributed by atoms with Crippen molar-refractivity contribution in [3.05, 3.63) is 78.1 Å². The maximum atomic E-state index is 6.54. The predicted octanol–water partition coefficient (Wildman–Crippen LogP) is 5.74. The topological polar surface area (TPSA) is 48.9 Å². The van der Waals surface area contributed by atoms with Gasteiger partial charge in [0, 0.05) is 22.9 Å². The van der Waals surface area contributed by atoms with E-state index in [2.05, 4.69) is 22.8 Å². The first-order valence-corrected chi connectivity index (χ1v) is 9.83. The number of aromatic nitrogens is 1. The Morgan fingerprint density at radius 1 is 0.867 bits per heavy atom. The van der Waals surface area contributed by atoms with Crippen LogP contribution in [0.4, 0.5) is 0 Å². The van der Waals surface area contributed by atoms with Crippen LogP contribution in [-0.4, -0.2) is 24.5 Å². The lowest BCUT2D eigenvalue weighted by atomic mass is 9.97. The highest BCUT2D eigenvalue weighted by Gasteiger charge is 2.26. The number of ether oxygens (including phenoxy) is 2. The van der Waals surface area contributed by atoms with Gasteiger partial charge in [-0.25, -0.2) is 0 Å². The highest BCUT2D eigenvalue weighted by Crippen LogP contribution is 2.43. The molecule has 1 aliphatic heterocycles. The van der Waals surface area contributed by atoms with Gasteiger partial charge in [-0.05, 0) is 61.0 Å². The summed E-state index contributed by atoms with van der Waals surface area (Å²) >= 11 is 0. The van der Waals surface area contributed by atoms with Crippen molar-refractivity contribution in [3.63, 3.8) is 0 Å². The SMILES string of the molecule is COc1ccc(-c2oc3c(c2-c2ccc(OC)cc2)CN=C(C)c2cccn2-3)cc1. The molecule has 2 aromatic heterocycles. The number of nitrogens with zero attached hydrogens (tertiary/aromatic N) is 2. The van der Waals surface area contributed by atoms with Crippen molar-refractivity contribution in [2.45, 2.75) is 13.5 Å². The standard InChI is InChI=1S/C25H22N2O3/c1-16-22-5-4-14-27(22)25-21(15-26-16)23(17-6-10-19(28-2)11-7-17)24(30-25)18-8-12-20(29-3)13-9-18/h4-14H,15H2,1-3H3. The fourth-order valence-electron chi connectivity index (χ4n) is 3.93. The molecule has 5 rings (SSSR count). The maximum absolute atomic E-state index is 6.54. The fourth-order valence-corrected chi connectivity index (χ4v) is 3.93. The van der Waals surface area contributed by atoms with E-state index in [4.69, 9.17) is 18.9 Å². The van der Waals surface area contributed by atoms with E-state index in [-0.39, 0.29) is 0 Å². The first-order valence-electron chi connectivity index (χ1n) is 9.83. The average Bonchev–Trinajstić information content (AvgIpc) is 3.40. The van der Waals surface area contributed by atoms with Crippen LogP contribution in [0.2, 0.25) is 0 Å². The van der Waals surface area contributed by atoms with Crippen molar-refractivity contribution in [1.82, 2.24) is 4.57 Å². The molecule has 4 aromatic rings. The summed E-state index contributed by atoms with van der Waals surface area (Å²) in [5.74, 6) is 3.26. The third-order valence-corrected chi connectivity index (χ3v) is 5.53. The van der Waals surface area contributed by atoms with Crippen LogP contribution in [0.3, 0.4) is 0 Å². The lowest BCUT2D eigenvalue weighted by Gasteiger charge is -2.08. The molecular formula is C25H22N2O3. The van der Waals surface area contributed by atoms with Crippen LogP contribution < -0.4 is 9.47 Å². The number of aliphatic imine (C=N–C) groups is 1. The molecule has 0 unspecified atom stereocenters. The van der Waals surface area contributed by atoms with Gasteiger partial charge in [0.15, 0.2) is 0 Å². The highest BCUT2D eigenvalue weighted by molar-refractivity contribution is 5.99. The van der Waals surface area contributed by atoms with E-state index in [0.29, 0.717) is 6.54 Å². The maximum Gasteiger partial charge on any atom is 0.210 e. The van der Waals surface area contributed by atoms with Gasteiger partial charge < -0.3 is 13.9 Å².